The molecular weight excluding hydrogens is 472 g/mol. The number of nitrogens with two attached hydrogens (primary N) is 3. The van der Waals surface area contributed by atoms with E-state index in [0.717, 1.165) is 0 Å². The van der Waals surface area contributed by atoms with Crippen LogP contribution in [0.5, 0.6) is 0 Å². The summed E-state index contributed by atoms with van der Waals surface area (Å²) < 4.78 is 0. The van der Waals surface area contributed by atoms with Crippen molar-refractivity contribution in [2.75, 3.05) is 0 Å². The first-order valence-electron chi connectivity index (χ1n) is 11.3. The number of primary amides is 2. The minimum atomic E-state index is -1.46. The van der Waals surface area contributed by atoms with E-state index in [-0.39, 0.29) is 19.3 Å². The second-order valence-corrected chi connectivity index (χ2v) is 8.66. The highest BCUT2D eigenvalue weighted by molar-refractivity contribution is 5.96. The van der Waals surface area contributed by atoms with Crippen molar-refractivity contribution in [1.82, 2.24) is 16.0 Å². The Morgan fingerprint density at radius 3 is 1.92 bits per heavy atom. The van der Waals surface area contributed by atoms with Gasteiger partial charge in [-0.1, -0.05) is 44.2 Å². The van der Waals surface area contributed by atoms with E-state index in [1.165, 1.54) is 0 Å². The number of carbonyl (C=O) groups is 6. The Morgan fingerprint density at radius 1 is 0.833 bits per heavy atom. The number of carboxylic acid groups (broad SMARTS) is 1. The van der Waals surface area contributed by atoms with Crippen molar-refractivity contribution < 1.29 is 33.9 Å². The van der Waals surface area contributed by atoms with Crippen LogP contribution in [0.25, 0.3) is 0 Å². The zero-order chi connectivity index (χ0) is 27.4. The van der Waals surface area contributed by atoms with Crippen molar-refractivity contribution in [2.24, 2.45) is 23.1 Å². The standard InChI is InChI=1S/C23H34N6O7/c1-12(2)19(22(34)28-16(23(35)36)10-13-6-4-3-5-7-13)29-21(33)15(11-18(26)31)27-20(32)14(24)8-9-17(25)30/h3-7,12,14-16,19H,8-11,24H2,1-2H3,(H2,25,30)(H2,26,31)(H,27,32)(H,28,34)(H,29,33)(H,35,36). The van der Waals surface area contributed by atoms with Crippen LogP contribution in [0.1, 0.15) is 38.7 Å². The highest BCUT2D eigenvalue weighted by Crippen LogP contribution is 2.08. The van der Waals surface area contributed by atoms with Crippen LogP contribution < -0.4 is 33.2 Å². The zero-order valence-corrected chi connectivity index (χ0v) is 20.2. The lowest BCUT2D eigenvalue weighted by Gasteiger charge is -2.26. The molecule has 13 heteroatoms. The summed E-state index contributed by atoms with van der Waals surface area (Å²) in [6.07, 6.45) is -0.811. The average molecular weight is 507 g/mol. The number of hydrogen-bond acceptors (Lipinski definition) is 7. The molecule has 13 nitrogen and oxygen atoms in total. The number of rotatable bonds is 15. The van der Waals surface area contributed by atoms with Crippen LogP contribution in [0.2, 0.25) is 0 Å². The van der Waals surface area contributed by atoms with Crippen LogP contribution in [0, 0.1) is 5.92 Å². The summed E-state index contributed by atoms with van der Waals surface area (Å²) in [7, 11) is 0. The van der Waals surface area contributed by atoms with Gasteiger partial charge in [0.1, 0.15) is 18.1 Å². The molecule has 0 saturated carbocycles. The molecule has 0 saturated heterocycles. The third-order valence-corrected chi connectivity index (χ3v) is 5.22. The number of aliphatic carboxylic acids is 1. The van der Waals surface area contributed by atoms with Crippen molar-refractivity contribution in [3.63, 3.8) is 0 Å². The number of hydrogen-bond donors (Lipinski definition) is 7. The van der Waals surface area contributed by atoms with E-state index in [9.17, 15) is 33.9 Å². The Hall–Kier alpha value is -4.00. The number of carboxylic acids is 1. The molecule has 0 aliphatic heterocycles. The van der Waals surface area contributed by atoms with E-state index in [1.54, 1.807) is 44.2 Å². The van der Waals surface area contributed by atoms with Gasteiger partial charge in [-0.05, 0) is 17.9 Å². The Labute approximate surface area is 208 Å². The zero-order valence-electron chi connectivity index (χ0n) is 20.2. The summed E-state index contributed by atoms with van der Waals surface area (Å²) in [4.78, 5) is 72.3. The SMILES string of the molecule is CC(C)C(NC(=O)C(CC(N)=O)NC(=O)C(N)CCC(N)=O)C(=O)NC(Cc1ccccc1)C(=O)O. The highest BCUT2D eigenvalue weighted by atomic mass is 16.4. The normalized spacial score (nSPS) is 14.1. The molecule has 1 rings (SSSR count). The fourth-order valence-corrected chi connectivity index (χ4v) is 3.22. The van der Waals surface area contributed by atoms with Crippen LogP contribution >= 0.6 is 0 Å². The molecule has 0 fully saturated rings. The second-order valence-electron chi connectivity index (χ2n) is 8.66. The van der Waals surface area contributed by atoms with Gasteiger partial charge in [0.15, 0.2) is 0 Å². The maximum atomic E-state index is 12.9. The topological polar surface area (TPSA) is 237 Å². The average Bonchev–Trinajstić information content (AvgIpc) is 2.79. The molecule has 0 spiro atoms. The molecule has 36 heavy (non-hydrogen) atoms. The largest absolute Gasteiger partial charge is 0.480 e. The molecule has 4 unspecified atom stereocenters. The predicted octanol–water partition coefficient (Wildman–Crippen LogP) is -2.11. The molecule has 10 N–H and O–H groups in total. The Kier molecular flexibility index (Phi) is 12.0. The first-order chi connectivity index (χ1) is 16.8. The van der Waals surface area contributed by atoms with E-state index in [2.05, 4.69) is 16.0 Å². The highest BCUT2D eigenvalue weighted by Gasteiger charge is 2.32. The molecule has 0 aromatic heterocycles. The van der Waals surface area contributed by atoms with E-state index in [0.29, 0.717) is 5.56 Å². The quantitative estimate of drug-likeness (QED) is 0.139. The molecule has 1 aromatic rings. The maximum Gasteiger partial charge on any atom is 0.326 e. The van der Waals surface area contributed by atoms with E-state index < -0.39 is 72.0 Å². The Morgan fingerprint density at radius 2 is 1.42 bits per heavy atom. The van der Waals surface area contributed by atoms with E-state index >= 15 is 0 Å². The first kappa shape index (κ1) is 30.0. The molecule has 0 radical (unpaired) electrons. The van der Waals surface area contributed by atoms with Gasteiger partial charge in [0.2, 0.25) is 29.5 Å². The van der Waals surface area contributed by atoms with Gasteiger partial charge in [0.05, 0.1) is 12.5 Å². The minimum absolute atomic E-state index is 0.0181. The lowest BCUT2D eigenvalue weighted by Crippen LogP contribution is -2.59. The van der Waals surface area contributed by atoms with Gasteiger partial charge in [0, 0.05) is 12.8 Å². The lowest BCUT2D eigenvalue weighted by molar-refractivity contribution is -0.142. The summed E-state index contributed by atoms with van der Waals surface area (Å²) >= 11 is 0. The molecule has 0 aliphatic carbocycles. The fraction of sp³-hybridized carbons (Fsp3) is 0.478. The van der Waals surface area contributed by atoms with Crippen LogP contribution in [0.4, 0.5) is 0 Å². The molecule has 0 bridgehead atoms. The van der Waals surface area contributed by atoms with Crippen LogP contribution in [-0.4, -0.2) is 64.8 Å². The molecule has 1 aromatic carbocycles. The number of carbonyl (C=O) groups excluding carboxylic acids is 5. The number of benzene rings is 1. The van der Waals surface area contributed by atoms with Gasteiger partial charge < -0.3 is 38.3 Å². The monoisotopic (exact) mass is 506 g/mol. The van der Waals surface area contributed by atoms with Crippen molar-refractivity contribution in [3.8, 4) is 0 Å². The maximum absolute atomic E-state index is 12.9. The van der Waals surface area contributed by atoms with Gasteiger partial charge in [-0.3, -0.25) is 24.0 Å². The molecule has 198 valence electrons. The minimum Gasteiger partial charge on any atom is -0.480 e. The molecular formula is C23H34N6O7. The van der Waals surface area contributed by atoms with Crippen molar-refractivity contribution >= 4 is 35.5 Å². The summed E-state index contributed by atoms with van der Waals surface area (Å²) in [5.41, 5.74) is 16.6. The molecule has 5 amide bonds. The molecule has 0 heterocycles. The second kappa shape index (κ2) is 14.4. The van der Waals surface area contributed by atoms with E-state index in [4.69, 9.17) is 17.2 Å². The van der Waals surface area contributed by atoms with Gasteiger partial charge in [-0.25, -0.2) is 4.79 Å². The summed E-state index contributed by atoms with van der Waals surface area (Å²) in [6.45, 7) is 3.25. The Balaban J connectivity index is 2.94. The first-order valence-corrected chi connectivity index (χ1v) is 11.3. The summed E-state index contributed by atoms with van der Waals surface area (Å²) in [6, 6.07) is 3.59. The van der Waals surface area contributed by atoms with Crippen molar-refractivity contribution in [2.45, 2.75) is 63.7 Å². The van der Waals surface area contributed by atoms with Gasteiger partial charge >= 0.3 is 5.97 Å². The number of nitrogens with one attached hydrogen (secondary N) is 3. The van der Waals surface area contributed by atoms with Crippen molar-refractivity contribution in [1.29, 1.82) is 0 Å². The smallest absolute Gasteiger partial charge is 0.326 e. The summed E-state index contributed by atoms with van der Waals surface area (Å²) in [5.74, 6) is -5.79. The van der Waals surface area contributed by atoms with Gasteiger partial charge in [0.25, 0.3) is 0 Å². The Bertz CT molecular complexity index is 954. The predicted molar refractivity (Wildman–Crippen MR) is 129 cm³/mol. The van der Waals surface area contributed by atoms with E-state index in [1.807, 2.05) is 0 Å². The van der Waals surface area contributed by atoms with Gasteiger partial charge in [-0.2, -0.15) is 0 Å². The molecule has 0 aliphatic rings. The fourth-order valence-electron chi connectivity index (χ4n) is 3.22. The van der Waals surface area contributed by atoms with Crippen LogP contribution in [-0.2, 0) is 35.2 Å². The van der Waals surface area contributed by atoms with Crippen molar-refractivity contribution in [3.05, 3.63) is 35.9 Å². The van der Waals surface area contributed by atoms with Crippen LogP contribution in [0.15, 0.2) is 30.3 Å². The third-order valence-electron chi connectivity index (χ3n) is 5.22. The third kappa shape index (κ3) is 10.5. The molecule has 4 atom stereocenters. The number of amides is 5. The van der Waals surface area contributed by atoms with Crippen LogP contribution in [0.3, 0.4) is 0 Å². The summed E-state index contributed by atoms with van der Waals surface area (Å²) in [5, 5.41) is 16.7. The van der Waals surface area contributed by atoms with Gasteiger partial charge in [-0.15, -0.1) is 0 Å². The lowest BCUT2D eigenvalue weighted by atomic mass is 10.0.